The molecule has 0 spiro atoms. The monoisotopic (exact) mass is 227 g/mol. The van der Waals surface area contributed by atoms with Crippen LogP contribution in [0.15, 0.2) is 17.0 Å². The van der Waals surface area contributed by atoms with Crippen LogP contribution in [-0.4, -0.2) is 13.6 Å². The molecule has 4 nitrogen and oxygen atoms in total. The van der Waals surface area contributed by atoms with Crippen LogP contribution in [0.2, 0.25) is 0 Å². The van der Waals surface area contributed by atoms with Crippen LogP contribution < -0.4 is 4.89 Å². The van der Waals surface area contributed by atoms with Crippen molar-refractivity contribution in [3.63, 3.8) is 0 Å². The van der Waals surface area contributed by atoms with Crippen molar-refractivity contribution in [3.8, 4) is 0 Å². The van der Waals surface area contributed by atoms with Gasteiger partial charge >= 0.3 is 0 Å². The number of hydrogen-bond donors (Lipinski definition) is 2. The molecule has 0 saturated carbocycles. The fourth-order valence-corrected chi connectivity index (χ4v) is 1.44. The molecule has 14 heavy (non-hydrogen) atoms. The molecule has 0 atom stereocenters. The molecular weight excluding hydrogens is 223 g/mol. The molecule has 0 aliphatic rings. The van der Waals surface area contributed by atoms with Crippen LogP contribution in [-0.2, 0) is 10.0 Å². The van der Waals surface area contributed by atoms with Gasteiger partial charge < -0.3 is 5.21 Å². The molecule has 1 rings (SSSR count). The normalized spacial score (nSPS) is 11.7. The Kier molecular flexibility index (Phi) is 2.79. The third-order valence-corrected chi connectivity index (χ3v) is 2.54. The number of sulfonamides is 1. The summed E-state index contributed by atoms with van der Waals surface area (Å²) >= 11 is 0. The first-order valence-corrected chi connectivity index (χ1v) is 4.68. The summed E-state index contributed by atoms with van der Waals surface area (Å²) in [5.41, 5.74) is 0. The molecular formula is C6H4F3NO3S. The average molecular weight is 227 g/mol. The second-order valence-corrected chi connectivity index (χ2v) is 3.90. The van der Waals surface area contributed by atoms with Crippen molar-refractivity contribution < 1.29 is 26.8 Å². The number of benzene rings is 1. The maximum absolute atomic E-state index is 12.8. The molecule has 0 radical (unpaired) electrons. The van der Waals surface area contributed by atoms with E-state index in [1.807, 2.05) is 0 Å². The van der Waals surface area contributed by atoms with Crippen molar-refractivity contribution in [3.05, 3.63) is 29.6 Å². The van der Waals surface area contributed by atoms with Crippen LogP contribution in [0.25, 0.3) is 0 Å². The maximum atomic E-state index is 12.8. The summed E-state index contributed by atoms with van der Waals surface area (Å²) in [5.74, 6) is -5.31. The van der Waals surface area contributed by atoms with E-state index < -0.39 is 32.4 Å². The number of rotatable bonds is 2. The molecule has 0 unspecified atom stereocenters. The van der Waals surface area contributed by atoms with Gasteiger partial charge in [-0.15, -0.1) is 0 Å². The van der Waals surface area contributed by atoms with Crippen LogP contribution in [0.5, 0.6) is 0 Å². The van der Waals surface area contributed by atoms with Crippen LogP contribution >= 0.6 is 0 Å². The summed E-state index contributed by atoms with van der Waals surface area (Å²) in [6.45, 7) is 0. The maximum Gasteiger partial charge on any atom is 0.265 e. The molecule has 0 aliphatic heterocycles. The van der Waals surface area contributed by atoms with Crippen LogP contribution in [0.3, 0.4) is 0 Å². The summed E-state index contributed by atoms with van der Waals surface area (Å²) in [4.78, 5) is -0.379. The smallest absolute Gasteiger partial charge is 0.265 e. The predicted octanol–water partition coefficient (Wildman–Crippen LogP) is 0.771. The van der Waals surface area contributed by atoms with Crippen molar-refractivity contribution in [1.82, 2.24) is 4.89 Å². The minimum atomic E-state index is -4.54. The molecule has 1 aromatic rings. The largest absolute Gasteiger partial charge is 0.302 e. The van der Waals surface area contributed by atoms with Gasteiger partial charge in [-0.05, 0) is 12.1 Å². The highest BCUT2D eigenvalue weighted by molar-refractivity contribution is 7.89. The zero-order chi connectivity index (χ0) is 10.9. The van der Waals surface area contributed by atoms with E-state index in [0.29, 0.717) is 12.1 Å². The molecule has 0 bridgehead atoms. The molecule has 0 aliphatic carbocycles. The fourth-order valence-electron chi connectivity index (χ4n) is 0.765. The molecule has 1 aromatic carbocycles. The Labute approximate surface area is 77.0 Å². The minimum Gasteiger partial charge on any atom is -0.302 e. The average Bonchev–Trinajstić information content (AvgIpc) is 2.14. The number of hydrogen-bond acceptors (Lipinski definition) is 3. The van der Waals surface area contributed by atoms with E-state index in [9.17, 15) is 21.6 Å². The standard InChI is InChI=1S/C6H4F3NO3S/c7-3-1-2-4(6(9)5(3)8)14(12,13)10-11/h1-2,10-11H. The Balaban J connectivity index is 3.47. The molecule has 0 saturated heterocycles. The van der Waals surface area contributed by atoms with Crippen LogP contribution in [0.4, 0.5) is 13.2 Å². The molecule has 0 amide bonds. The van der Waals surface area contributed by atoms with Gasteiger partial charge in [0, 0.05) is 0 Å². The van der Waals surface area contributed by atoms with E-state index in [1.165, 1.54) is 0 Å². The zero-order valence-corrected chi connectivity index (χ0v) is 7.28. The topological polar surface area (TPSA) is 66.4 Å². The molecule has 78 valence electrons. The lowest BCUT2D eigenvalue weighted by Gasteiger charge is -2.03. The summed E-state index contributed by atoms with van der Waals surface area (Å²) in [6, 6.07) is 0.926. The Morgan fingerprint density at radius 3 is 2.21 bits per heavy atom. The highest BCUT2D eigenvalue weighted by atomic mass is 32.2. The van der Waals surface area contributed by atoms with Crippen molar-refractivity contribution in [1.29, 1.82) is 0 Å². The summed E-state index contributed by atoms with van der Waals surface area (Å²) in [5, 5.41) is 8.11. The van der Waals surface area contributed by atoms with Crippen molar-refractivity contribution >= 4 is 10.0 Å². The van der Waals surface area contributed by atoms with E-state index in [2.05, 4.69) is 0 Å². The first-order valence-electron chi connectivity index (χ1n) is 3.19. The van der Waals surface area contributed by atoms with Crippen molar-refractivity contribution in [2.75, 3.05) is 0 Å². The van der Waals surface area contributed by atoms with Gasteiger partial charge in [-0.1, -0.05) is 4.89 Å². The first kappa shape index (κ1) is 11.0. The van der Waals surface area contributed by atoms with Crippen molar-refractivity contribution in [2.24, 2.45) is 0 Å². The van der Waals surface area contributed by atoms with E-state index in [-0.39, 0.29) is 0 Å². The van der Waals surface area contributed by atoms with E-state index in [4.69, 9.17) is 5.21 Å². The SMILES string of the molecule is O=S(=O)(NO)c1ccc(F)c(F)c1F. The summed E-state index contributed by atoms with van der Waals surface area (Å²) < 4.78 is 59.3. The van der Waals surface area contributed by atoms with Gasteiger partial charge in [0.25, 0.3) is 10.0 Å². The Morgan fingerprint density at radius 2 is 1.71 bits per heavy atom. The summed E-state index contributed by atoms with van der Waals surface area (Å²) in [6.07, 6.45) is 0. The predicted molar refractivity (Wildman–Crippen MR) is 38.4 cm³/mol. The van der Waals surface area contributed by atoms with Gasteiger partial charge in [-0.3, -0.25) is 0 Å². The quantitative estimate of drug-likeness (QED) is 0.579. The highest BCUT2D eigenvalue weighted by Crippen LogP contribution is 2.18. The van der Waals surface area contributed by atoms with Gasteiger partial charge in [-0.2, -0.15) is 0 Å². The third kappa shape index (κ3) is 1.72. The van der Waals surface area contributed by atoms with Gasteiger partial charge in [0.2, 0.25) is 0 Å². The van der Waals surface area contributed by atoms with Crippen LogP contribution in [0, 0.1) is 17.5 Å². The zero-order valence-electron chi connectivity index (χ0n) is 6.46. The summed E-state index contributed by atoms with van der Waals surface area (Å²) in [7, 11) is -4.54. The highest BCUT2D eigenvalue weighted by Gasteiger charge is 2.23. The van der Waals surface area contributed by atoms with Gasteiger partial charge in [0.15, 0.2) is 17.5 Å². The lowest BCUT2D eigenvalue weighted by atomic mass is 10.3. The Morgan fingerprint density at radius 1 is 1.14 bits per heavy atom. The second kappa shape index (κ2) is 3.56. The second-order valence-electron chi connectivity index (χ2n) is 2.27. The van der Waals surface area contributed by atoms with Crippen LogP contribution in [0.1, 0.15) is 0 Å². The first-order chi connectivity index (χ1) is 6.40. The van der Waals surface area contributed by atoms with E-state index in [0.717, 1.165) is 4.89 Å². The van der Waals surface area contributed by atoms with Gasteiger partial charge in [-0.25, -0.2) is 21.6 Å². The molecule has 0 aromatic heterocycles. The molecule has 0 fully saturated rings. The molecule has 0 heterocycles. The lowest BCUT2D eigenvalue weighted by Crippen LogP contribution is -2.21. The van der Waals surface area contributed by atoms with E-state index >= 15 is 0 Å². The number of nitrogens with one attached hydrogen (secondary N) is 1. The fraction of sp³-hybridized carbons (Fsp3) is 0. The minimum absolute atomic E-state index is 0.433. The van der Waals surface area contributed by atoms with Gasteiger partial charge in [0.1, 0.15) is 4.90 Å². The van der Waals surface area contributed by atoms with Gasteiger partial charge in [0.05, 0.1) is 0 Å². The lowest BCUT2D eigenvalue weighted by molar-refractivity contribution is 0.242. The molecule has 2 N–H and O–H groups in total. The van der Waals surface area contributed by atoms with Crippen molar-refractivity contribution in [2.45, 2.75) is 4.90 Å². The molecule has 8 heteroatoms. The Hall–Kier alpha value is -1.12. The van der Waals surface area contributed by atoms with E-state index in [1.54, 1.807) is 0 Å². The third-order valence-electron chi connectivity index (χ3n) is 1.41. The number of halogens is 3. The Bertz CT molecular complexity index is 460.